The maximum absolute atomic E-state index is 6.11. The molecule has 0 spiro atoms. The number of rotatable bonds is 1. The van der Waals surface area contributed by atoms with Crippen LogP contribution in [0.5, 0.6) is 0 Å². The van der Waals surface area contributed by atoms with Crippen molar-refractivity contribution in [2.75, 3.05) is 0 Å². The molecule has 3 rings (SSSR count). The SMILES string of the molecule is Cc1ccc2c(c1)c(B1OC(C)(C)C(C)(C)O1)nn2C. The third kappa shape index (κ3) is 1.88. The van der Waals surface area contributed by atoms with Gasteiger partial charge < -0.3 is 9.31 Å². The lowest BCUT2D eigenvalue weighted by Crippen LogP contribution is -2.41. The maximum Gasteiger partial charge on any atom is 0.517 e. The molecule has 0 N–H and O–H groups in total. The number of hydrogen-bond donors (Lipinski definition) is 0. The molecule has 4 nitrogen and oxygen atoms in total. The monoisotopic (exact) mass is 272 g/mol. The molecule has 2 heterocycles. The van der Waals surface area contributed by atoms with Crippen LogP contribution in [-0.2, 0) is 16.4 Å². The fourth-order valence-electron chi connectivity index (χ4n) is 2.54. The molecule has 1 saturated heterocycles. The molecule has 0 radical (unpaired) electrons. The summed E-state index contributed by atoms with van der Waals surface area (Å²) in [4.78, 5) is 0. The van der Waals surface area contributed by atoms with Crippen LogP contribution in [0.3, 0.4) is 0 Å². The van der Waals surface area contributed by atoms with Gasteiger partial charge in [-0.05, 0) is 46.8 Å². The summed E-state index contributed by atoms with van der Waals surface area (Å²) in [5.41, 5.74) is 2.49. The molecule has 1 aliphatic rings. The summed E-state index contributed by atoms with van der Waals surface area (Å²) in [7, 11) is 1.54. The second kappa shape index (κ2) is 4.09. The number of fused-ring (bicyclic) bond motifs is 1. The molecule has 0 unspecified atom stereocenters. The van der Waals surface area contributed by atoms with E-state index in [0.29, 0.717) is 0 Å². The molecular weight excluding hydrogens is 251 g/mol. The van der Waals surface area contributed by atoms with Gasteiger partial charge in [-0.2, -0.15) is 5.10 Å². The number of aromatic nitrogens is 2. The normalized spacial score (nSPS) is 20.8. The molecule has 5 heteroatoms. The van der Waals surface area contributed by atoms with Crippen LogP contribution < -0.4 is 5.59 Å². The lowest BCUT2D eigenvalue weighted by molar-refractivity contribution is 0.00578. The van der Waals surface area contributed by atoms with Crippen LogP contribution >= 0.6 is 0 Å². The van der Waals surface area contributed by atoms with E-state index in [2.05, 4.69) is 57.9 Å². The predicted molar refractivity (Wildman–Crippen MR) is 81.2 cm³/mol. The van der Waals surface area contributed by atoms with Crippen LogP contribution in [0.4, 0.5) is 0 Å². The Morgan fingerprint density at radius 2 is 1.70 bits per heavy atom. The number of benzene rings is 1. The summed E-state index contributed by atoms with van der Waals surface area (Å²) in [6.07, 6.45) is 0. The first-order valence-corrected chi connectivity index (χ1v) is 7.00. The molecule has 0 amide bonds. The highest BCUT2D eigenvalue weighted by Gasteiger charge is 2.53. The van der Waals surface area contributed by atoms with Gasteiger partial charge in [-0.25, -0.2) is 0 Å². The van der Waals surface area contributed by atoms with Crippen LogP contribution in [-0.4, -0.2) is 28.1 Å². The van der Waals surface area contributed by atoms with Crippen molar-refractivity contribution in [3.63, 3.8) is 0 Å². The van der Waals surface area contributed by atoms with Gasteiger partial charge in [0.05, 0.1) is 16.7 Å². The van der Waals surface area contributed by atoms with Crippen molar-refractivity contribution in [1.82, 2.24) is 9.78 Å². The molecule has 0 bridgehead atoms. The number of nitrogens with zero attached hydrogens (tertiary/aromatic N) is 2. The Balaban J connectivity index is 2.10. The van der Waals surface area contributed by atoms with E-state index < -0.39 is 7.12 Å². The first-order valence-electron chi connectivity index (χ1n) is 7.00. The molecule has 0 aliphatic carbocycles. The largest absolute Gasteiger partial charge is 0.517 e. The van der Waals surface area contributed by atoms with Crippen molar-refractivity contribution >= 4 is 23.6 Å². The van der Waals surface area contributed by atoms with Crippen molar-refractivity contribution in [3.8, 4) is 0 Å². The van der Waals surface area contributed by atoms with Crippen LogP contribution in [0.1, 0.15) is 33.3 Å². The van der Waals surface area contributed by atoms with Crippen LogP contribution in [0.25, 0.3) is 10.9 Å². The molecule has 2 aromatic rings. The van der Waals surface area contributed by atoms with E-state index in [1.807, 2.05) is 11.7 Å². The second-order valence-corrected chi connectivity index (χ2v) is 6.62. The number of hydrogen-bond acceptors (Lipinski definition) is 3. The molecule has 1 aliphatic heterocycles. The Morgan fingerprint density at radius 3 is 2.30 bits per heavy atom. The standard InChI is InChI=1S/C15H21BN2O2/c1-10-7-8-12-11(9-10)13(17-18(12)6)16-19-14(2,3)15(4,5)20-16/h7-9H,1-6H3. The van der Waals surface area contributed by atoms with Crippen LogP contribution in [0.2, 0.25) is 0 Å². The highest BCUT2D eigenvalue weighted by atomic mass is 16.7. The van der Waals surface area contributed by atoms with Crippen molar-refractivity contribution in [3.05, 3.63) is 23.8 Å². The van der Waals surface area contributed by atoms with Crippen LogP contribution in [0, 0.1) is 6.92 Å². The van der Waals surface area contributed by atoms with Gasteiger partial charge in [-0.1, -0.05) is 11.6 Å². The summed E-state index contributed by atoms with van der Waals surface area (Å²) in [6.45, 7) is 10.3. The Hall–Kier alpha value is -1.33. The molecule has 0 saturated carbocycles. The van der Waals surface area contributed by atoms with Gasteiger partial charge in [-0.15, -0.1) is 0 Å². The Morgan fingerprint density at radius 1 is 1.10 bits per heavy atom. The molecule has 1 aromatic carbocycles. The van der Waals surface area contributed by atoms with Crippen molar-refractivity contribution < 1.29 is 9.31 Å². The molecular formula is C15H21BN2O2. The maximum atomic E-state index is 6.11. The van der Waals surface area contributed by atoms with Gasteiger partial charge in [0.1, 0.15) is 5.59 Å². The van der Waals surface area contributed by atoms with E-state index in [4.69, 9.17) is 9.31 Å². The Bertz CT molecular complexity index is 660. The van der Waals surface area contributed by atoms with Gasteiger partial charge in [-0.3, -0.25) is 4.68 Å². The average Bonchev–Trinajstić information content (AvgIpc) is 2.74. The minimum Gasteiger partial charge on any atom is -0.398 e. The molecule has 1 aromatic heterocycles. The van der Waals surface area contributed by atoms with Gasteiger partial charge in [0, 0.05) is 12.4 Å². The first-order chi connectivity index (χ1) is 9.21. The lowest BCUT2D eigenvalue weighted by Gasteiger charge is -2.32. The zero-order valence-corrected chi connectivity index (χ0v) is 13.0. The molecule has 0 atom stereocenters. The number of aryl methyl sites for hydroxylation is 2. The van der Waals surface area contributed by atoms with Gasteiger partial charge in [0.25, 0.3) is 0 Å². The first kappa shape index (κ1) is 13.6. The second-order valence-electron chi connectivity index (χ2n) is 6.62. The quantitative estimate of drug-likeness (QED) is 0.746. The minimum absolute atomic E-state index is 0.342. The van der Waals surface area contributed by atoms with Gasteiger partial charge in [0.2, 0.25) is 0 Å². The molecule has 20 heavy (non-hydrogen) atoms. The smallest absolute Gasteiger partial charge is 0.398 e. The Labute approximate surface area is 120 Å². The average molecular weight is 272 g/mol. The van der Waals surface area contributed by atoms with E-state index in [-0.39, 0.29) is 11.2 Å². The molecule has 1 fully saturated rings. The van der Waals surface area contributed by atoms with E-state index >= 15 is 0 Å². The van der Waals surface area contributed by atoms with E-state index in [9.17, 15) is 0 Å². The fourth-order valence-corrected chi connectivity index (χ4v) is 2.54. The van der Waals surface area contributed by atoms with Crippen molar-refractivity contribution in [2.24, 2.45) is 7.05 Å². The minimum atomic E-state index is -0.412. The Kier molecular flexibility index (Phi) is 2.79. The highest BCUT2D eigenvalue weighted by molar-refractivity contribution is 6.64. The fraction of sp³-hybridized carbons (Fsp3) is 0.533. The van der Waals surface area contributed by atoms with Crippen molar-refractivity contribution in [1.29, 1.82) is 0 Å². The third-order valence-electron chi connectivity index (χ3n) is 4.51. The summed E-state index contributed by atoms with van der Waals surface area (Å²) in [5.74, 6) is 0. The van der Waals surface area contributed by atoms with E-state index in [0.717, 1.165) is 16.5 Å². The third-order valence-corrected chi connectivity index (χ3v) is 4.51. The van der Waals surface area contributed by atoms with Crippen LogP contribution in [0.15, 0.2) is 18.2 Å². The van der Waals surface area contributed by atoms with Gasteiger partial charge in [0.15, 0.2) is 0 Å². The highest BCUT2D eigenvalue weighted by Crippen LogP contribution is 2.36. The summed E-state index contributed by atoms with van der Waals surface area (Å²) in [6, 6.07) is 6.33. The predicted octanol–water partition coefficient (Wildman–Crippen LogP) is 2.18. The topological polar surface area (TPSA) is 36.3 Å². The summed E-state index contributed by atoms with van der Waals surface area (Å²) >= 11 is 0. The van der Waals surface area contributed by atoms with Gasteiger partial charge >= 0.3 is 7.12 Å². The van der Waals surface area contributed by atoms with E-state index in [1.54, 1.807) is 0 Å². The zero-order valence-electron chi connectivity index (χ0n) is 13.0. The summed E-state index contributed by atoms with van der Waals surface area (Å²) in [5, 5.41) is 5.71. The molecule has 106 valence electrons. The summed E-state index contributed by atoms with van der Waals surface area (Å²) < 4.78 is 14.1. The van der Waals surface area contributed by atoms with Crippen molar-refractivity contribution in [2.45, 2.75) is 45.8 Å². The lowest BCUT2D eigenvalue weighted by atomic mass is 9.82. The zero-order chi connectivity index (χ0) is 14.7. The van der Waals surface area contributed by atoms with E-state index in [1.165, 1.54) is 5.56 Å².